The van der Waals surface area contributed by atoms with Crippen molar-refractivity contribution in [1.29, 1.82) is 0 Å². The normalized spacial score (nSPS) is 19.7. The van der Waals surface area contributed by atoms with Crippen LogP contribution < -0.4 is 10.6 Å². The monoisotopic (exact) mass is 302 g/mol. The Morgan fingerprint density at radius 3 is 2.26 bits per heavy atom. The van der Waals surface area contributed by atoms with E-state index in [2.05, 4.69) is 36.6 Å². The number of hydrogen-bond donors (Lipinski definition) is 2. The second-order valence-corrected chi connectivity index (χ2v) is 5.98. The van der Waals surface area contributed by atoms with Gasteiger partial charge in [-0.15, -0.1) is 24.8 Å². The molecule has 0 aromatic heterocycles. The molecule has 108 valence electrons. The Kier molecular flexibility index (Phi) is 5.54. The summed E-state index contributed by atoms with van der Waals surface area (Å²) in [5.41, 5.74) is 6.32. The Morgan fingerprint density at radius 2 is 1.58 bits per heavy atom. The van der Waals surface area contributed by atoms with Crippen molar-refractivity contribution in [3.05, 3.63) is 28.8 Å². The molecule has 0 saturated heterocycles. The van der Waals surface area contributed by atoms with Gasteiger partial charge in [0.25, 0.3) is 0 Å². The van der Waals surface area contributed by atoms with Gasteiger partial charge in [0.15, 0.2) is 0 Å². The number of benzene rings is 1. The Balaban J connectivity index is 0.000000902. The van der Waals surface area contributed by atoms with Crippen molar-refractivity contribution in [2.45, 2.75) is 38.5 Å². The maximum Gasteiger partial charge on any atom is 0.0381 e. The van der Waals surface area contributed by atoms with E-state index in [4.69, 9.17) is 0 Å². The van der Waals surface area contributed by atoms with Gasteiger partial charge in [0.05, 0.1) is 0 Å². The van der Waals surface area contributed by atoms with Crippen molar-refractivity contribution in [2.75, 3.05) is 25.0 Å². The predicted octanol–water partition coefficient (Wildman–Crippen LogP) is 3.31. The van der Waals surface area contributed by atoms with Crippen LogP contribution in [-0.2, 0) is 18.3 Å². The second kappa shape index (κ2) is 6.34. The lowest BCUT2D eigenvalue weighted by atomic mass is 9.77. The average Bonchev–Trinajstić information content (AvgIpc) is 2.51. The van der Waals surface area contributed by atoms with Crippen LogP contribution in [0, 0.1) is 0 Å². The highest BCUT2D eigenvalue weighted by Crippen LogP contribution is 2.38. The summed E-state index contributed by atoms with van der Waals surface area (Å²) in [5.74, 6) is 0. The van der Waals surface area contributed by atoms with E-state index in [0.29, 0.717) is 5.41 Å². The number of rotatable bonds is 0. The highest BCUT2D eigenvalue weighted by Gasteiger charge is 2.28. The first-order valence-electron chi connectivity index (χ1n) is 6.78. The van der Waals surface area contributed by atoms with Gasteiger partial charge in [0, 0.05) is 12.2 Å². The quantitative estimate of drug-likeness (QED) is 0.768. The van der Waals surface area contributed by atoms with Crippen molar-refractivity contribution >= 4 is 30.5 Å². The summed E-state index contributed by atoms with van der Waals surface area (Å²) in [7, 11) is 0. The third kappa shape index (κ3) is 3.18. The van der Waals surface area contributed by atoms with Crippen LogP contribution >= 0.6 is 24.8 Å². The SMILES string of the molecule is CC1(C)CCNc2cc3c(cc21)CCNCC3.Cl.Cl. The number of anilines is 1. The first-order chi connectivity index (χ1) is 8.17. The molecule has 0 aliphatic carbocycles. The largest absolute Gasteiger partial charge is 0.385 e. The minimum absolute atomic E-state index is 0. The Hall–Kier alpha value is -0.440. The van der Waals surface area contributed by atoms with Crippen LogP contribution in [0.2, 0.25) is 0 Å². The zero-order valence-electron chi connectivity index (χ0n) is 11.7. The molecule has 0 saturated carbocycles. The van der Waals surface area contributed by atoms with E-state index in [1.54, 1.807) is 11.1 Å². The van der Waals surface area contributed by atoms with Crippen LogP contribution in [0.25, 0.3) is 0 Å². The molecule has 3 rings (SSSR count). The lowest BCUT2D eigenvalue weighted by molar-refractivity contribution is 0.481. The summed E-state index contributed by atoms with van der Waals surface area (Å²) < 4.78 is 0. The van der Waals surface area contributed by atoms with Gasteiger partial charge in [0.2, 0.25) is 0 Å². The third-order valence-corrected chi connectivity index (χ3v) is 4.28. The zero-order valence-corrected chi connectivity index (χ0v) is 13.3. The van der Waals surface area contributed by atoms with Crippen molar-refractivity contribution in [3.63, 3.8) is 0 Å². The average molecular weight is 303 g/mol. The minimum atomic E-state index is 0. The molecule has 2 aliphatic rings. The van der Waals surface area contributed by atoms with Gasteiger partial charge in [-0.25, -0.2) is 0 Å². The number of halogens is 2. The fourth-order valence-electron chi connectivity index (χ4n) is 3.08. The van der Waals surface area contributed by atoms with Gasteiger partial charge < -0.3 is 10.6 Å². The lowest BCUT2D eigenvalue weighted by Gasteiger charge is -2.34. The van der Waals surface area contributed by atoms with Crippen LogP contribution in [0.1, 0.15) is 37.0 Å². The van der Waals surface area contributed by atoms with Gasteiger partial charge in [-0.1, -0.05) is 19.9 Å². The molecule has 1 aromatic rings. The van der Waals surface area contributed by atoms with E-state index < -0.39 is 0 Å². The molecule has 0 radical (unpaired) electrons. The summed E-state index contributed by atoms with van der Waals surface area (Å²) in [4.78, 5) is 0. The Morgan fingerprint density at radius 1 is 0.947 bits per heavy atom. The highest BCUT2D eigenvalue weighted by molar-refractivity contribution is 5.85. The maximum atomic E-state index is 3.57. The van der Waals surface area contributed by atoms with Crippen molar-refractivity contribution < 1.29 is 0 Å². The fourth-order valence-corrected chi connectivity index (χ4v) is 3.08. The van der Waals surface area contributed by atoms with Crippen LogP contribution in [-0.4, -0.2) is 19.6 Å². The van der Waals surface area contributed by atoms with Gasteiger partial charge in [0.1, 0.15) is 0 Å². The Labute approximate surface area is 128 Å². The van der Waals surface area contributed by atoms with Crippen LogP contribution in [0.4, 0.5) is 5.69 Å². The first-order valence-corrected chi connectivity index (χ1v) is 6.78. The van der Waals surface area contributed by atoms with E-state index in [1.165, 1.54) is 30.5 Å². The summed E-state index contributed by atoms with van der Waals surface area (Å²) in [5, 5.41) is 7.05. The fraction of sp³-hybridized carbons (Fsp3) is 0.600. The molecular formula is C15H24Cl2N2. The molecule has 2 heterocycles. The molecular weight excluding hydrogens is 279 g/mol. The third-order valence-electron chi connectivity index (χ3n) is 4.28. The van der Waals surface area contributed by atoms with Gasteiger partial charge in [-0.05, 0) is 60.5 Å². The smallest absolute Gasteiger partial charge is 0.0381 e. The van der Waals surface area contributed by atoms with E-state index >= 15 is 0 Å². The van der Waals surface area contributed by atoms with Gasteiger partial charge >= 0.3 is 0 Å². The highest BCUT2D eigenvalue weighted by atomic mass is 35.5. The zero-order chi connectivity index (χ0) is 11.9. The Bertz CT molecular complexity index is 444. The van der Waals surface area contributed by atoms with Crippen LogP contribution in [0.15, 0.2) is 12.1 Å². The second-order valence-electron chi connectivity index (χ2n) is 5.98. The van der Waals surface area contributed by atoms with E-state index in [9.17, 15) is 0 Å². The topological polar surface area (TPSA) is 24.1 Å². The standard InChI is InChI=1S/C15H22N2.2ClH/c1-15(2)5-8-17-14-10-12-4-7-16-6-3-11(12)9-13(14)15;;/h9-10,16-17H,3-8H2,1-2H3;2*1H. The molecule has 2 aliphatic heterocycles. The summed E-state index contributed by atoms with van der Waals surface area (Å²) in [6.07, 6.45) is 3.58. The lowest BCUT2D eigenvalue weighted by Crippen LogP contribution is -2.28. The molecule has 0 fully saturated rings. The summed E-state index contributed by atoms with van der Waals surface area (Å²) >= 11 is 0. The maximum absolute atomic E-state index is 3.57. The summed E-state index contributed by atoms with van der Waals surface area (Å²) in [6.45, 7) is 8.09. The van der Waals surface area contributed by atoms with Crippen molar-refractivity contribution in [2.24, 2.45) is 0 Å². The van der Waals surface area contributed by atoms with Gasteiger partial charge in [-0.2, -0.15) is 0 Å². The molecule has 2 N–H and O–H groups in total. The number of hydrogen-bond acceptors (Lipinski definition) is 2. The first kappa shape index (κ1) is 16.6. The molecule has 19 heavy (non-hydrogen) atoms. The van der Waals surface area contributed by atoms with E-state index in [1.807, 2.05) is 0 Å². The van der Waals surface area contributed by atoms with Crippen LogP contribution in [0.5, 0.6) is 0 Å². The van der Waals surface area contributed by atoms with E-state index in [0.717, 1.165) is 19.6 Å². The molecule has 0 spiro atoms. The van der Waals surface area contributed by atoms with Crippen LogP contribution in [0.3, 0.4) is 0 Å². The van der Waals surface area contributed by atoms with Crippen molar-refractivity contribution in [3.8, 4) is 0 Å². The number of fused-ring (bicyclic) bond motifs is 2. The molecule has 4 heteroatoms. The molecule has 0 unspecified atom stereocenters. The molecule has 0 amide bonds. The minimum Gasteiger partial charge on any atom is -0.385 e. The molecule has 1 aromatic carbocycles. The summed E-state index contributed by atoms with van der Waals surface area (Å²) in [6, 6.07) is 4.86. The molecule has 2 nitrogen and oxygen atoms in total. The van der Waals surface area contributed by atoms with Gasteiger partial charge in [-0.3, -0.25) is 0 Å². The molecule has 0 atom stereocenters. The number of nitrogens with one attached hydrogen (secondary N) is 2. The molecule has 0 bridgehead atoms. The predicted molar refractivity (Wildman–Crippen MR) is 87.3 cm³/mol. The van der Waals surface area contributed by atoms with E-state index in [-0.39, 0.29) is 24.8 Å². The van der Waals surface area contributed by atoms with Crippen molar-refractivity contribution in [1.82, 2.24) is 5.32 Å².